The molecule has 0 aliphatic rings. The van der Waals surface area contributed by atoms with Crippen LogP contribution in [0.25, 0.3) is 0 Å². The summed E-state index contributed by atoms with van der Waals surface area (Å²) in [5.41, 5.74) is 1.26. The summed E-state index contributed by atoms with van der Waals surface area (Å²) in [5.74, 6) is 0.259. The first-order valence-corrected chi connectivity index (χ1v) is 12.1. The topological polar surface area (TPSA) is 72.9 Å². The number of ether oxygens (including phenoxy) is 2. The van der Waals surface area contributed by atoms with Crippen molar-refractivity contribution in [1.82, 2.24) is 0 Å². The number of anilines is 1. The molecule has 0 aliphatic carbocycles. The zero-order chi connectivity index (χ0) is 24.2. The highest BCUT2D eigenvalue weighted by molar-refractivity contribution is 7.93. The summed E-state index contributed by atoms with van der Waals surface area (Å²) in [6.45, 7) is 5.83. The van der Waals surface area contributed by atoms with E-state index in [9.17, 15) is 13.2 Å². The van der Waals surface area contributed by atoms with Crippen LogP contribution in [0.5, 0.6) is 11.5 Å². The number of hydrogen-bond donors (Lipinski definition) is 0. The first kappa shape index (κ1) is 24.6. The van der Waals surface area contributed by atoms with Crippen LogP contribution < -0.4 is 13.8 Å². The number of amides is 1. The van der Waals surface area contributed by atoms with Gasteiger partial charge in [0.2, 0.25) is 0 Å². The van der Waals surface area contributed by atoms with Crippen LogP contribution >= 0.6 is 11.6 Å². The van der Waals surface area contributed by atoms with Crippen molar-refractivity contribution < 1.29 is 22.7 Å². The summed E-state index contributed by atoms with van der Waals surface area (Å²) in [6.07, 6.45) is 0. The lowest BCUT2D eigenvalue weighted by Gasteiger charge is -2.23. The summed E-state index contributed by atoms with van der Waals surface area (Å²) in [4.78, 5) is 13.1. The van der Waals surface area contributed by atoms with E-state index in [2.05, 4.69) is 20.8 Å². The number of hydrogen-bond acceptors (Lipinski definition) is 5. The third-order valence-corrected chi connectivity index (χ3v) is 6.98. The van der Waals surface area contributed by atoms with Gasteiger partial charge >= 0.3 is 0 Å². The van der Waals surface area contributed by atoms with Crippen LogP contribution in [0.4, 0.5) is 5.69 Å². The molecule has 0 radical (unpaired) electrons. The SMILES string of the molecule is COc1ccc(N(C(=O)COc2ccc(C(C)(C)C)cc2)S(=O)(=O)c2ccc(Cl)cc2)cc1. The minimum Gasteiger partial charge on any atom is -0.497 e. The summed E-state index contributed by atoms with van der Waals surface area (Å²) >= 11 is 5.90. The predicted molar refractivity (Wildman–Crippen MR) is 130 cm³/mol. The Morgan fingerprint density at radius 2 is 1.42 bits per heavy atom. The Bertz CT molecular complexity index is 1200. The van der Waals surface area contributed by atoms with Gasteiger partial charge in [0.25, 0.3) is 15.9 Å². The quantitative estimate of drug-likeness (QED) is 0.443. The molecule has 0 aliphatic heterocycles. The predicted octanol–water partition coefficient (Wildman–Crippen LogP) is 5.45. The Labute approximate surface area is 199 Å². The van der Waals surface area contributed by atoms with Gasteiger partial charge in [-0.3, -0.25) is 4.79 Å². The zero-order valence-electron chi connectivity index (χ0n) is 18.9. The van der Waals surface area contributed by atoms with E-state index in [0.717, 1.165) is 9.87 Å². The summed E-state index contributed by atoms with van der Waals surface area (Å²) < 4.78 is 38.3. The van der Waals surface area contributed by atoms with Crippen LogP contribution in [-0.2, 0) is 20.2 Å². The molecule has 174 valence electrons. The highest BCUT2D eigenvalue weighted by Crippen LogP contribution is 2.28. The van der Waals surface area contributed by atoms with Crippen molar-refractivity contribution in [3.8, 4) is 11.5 Å². The Hall–Kier alpha value is -3.03. The fourth-order valence-corrected chi connectivity index (χ4v) is 4.64. The number of nitrogens with zero attached hydrogens (tertiary/aromatic N) is 1. The molecule has 0 saturated heterocycles. The number of halogens is 1. The number of rotatable bonds is 7. The Kier molecular flexibility index (Phi) is 7.34. The molecule has 3 aromatic rings. The molecular formula is C25H26ClNO5S. The van der Waals surface area contributed by atoms with E-state index in [0.29, 0.717) is 16.5 Å². The van der Waals surface area contributed by atoms with E-state index < -0.39 is 22.5 Å². The van der Waals surface area contributed by atoms with Crippen LogP contribution in [-0.4, -0.2) is 28.0 Å². The van der Waals surface area contributed by atoms with Crippen LogP contribution in [0.2, 0.25) is 5.02 Å². The van der Waals surface area contributed by atoms with Gasteiger partial charge in [-0.1, -0.05) is 44.5 Å². The van der Waals surface area contributed by atoms with E-state index in [1.165, 1.54) is 43.5 Å². The smallest absolute Gasteiger partial charge is 0.278 e. The third-order valence-electron chi connectivity index (χ3n) is 4.97. The second-order valence-corrected chi connectivity index (χ2v) is 10.6. The van der Waals surface area contributed by atoms with Crippen molar-refractivity contribution >= 4 is 33.2 Å². The van der Waals surface area contributed by atoms with Gasteiger partial charge in [0.05, 0.1) is 17.7 Å². The number of carbonyl (C=O) groups excluding carboxylic acids is 1. The Morgan fingerprint density at radius 1 is 0.879 bits per heavy atom. The van der Waals surface area contributed by atoms with E-state index >= 15 is 0 Å². The van der Waals surface area contributed by atoms with Gasteiger partial charge in [0.1, 0.15) is 11.5 Å². The molecule has 0 saturated carbocycles. The van der Waals surface area contributed by atoms with Crippen molar-refractivity contribution in [2.45, 2.75) is 31.1 Å². The van der Waals surface area contributed by atoms with Crippen molar-refractivity contribution in [3.05, 3.63) is 83.4 Å². The second-order valence-electron chi connectivity index (χ2n) is 8.38. The normalized spacial score (nSPS) is 11.7. The molecule has 0 N–H and O–H groups in total. The molecule has 0 aromatic heterocycles. The first-order chi connectivity index (χ1) is 15.5. The van der Waals surface area contributed by atoms with Gasteiger partial charge in [-0.2, -0.15) is 4.31 Å². The lowest BCUT2D eigenvalue weighted by molar-refractivity contribution is -0.119. The number of carbonyl (C=O) groups is 1. The molecule has 1 amide bonds. The maximum Gasteiger partial charge on any atom is 0.278 e. The summed E-state index contributed by atoms with van der Waals surface area (Å²) in [5, 5.41) is 0.387. The molecule has 0 heterocycles. The van der Waals surface area contributed by atoms with Crippen molar-refractivity contribution in [2.75, 3.05) is 18.0 Å². The standard InChI is InChI=1S/C25H26ClNO5S/c1-25(2,3)18-5-11-22(12-6-18)32-17-24(28)27(20-9-13-21(31-4)14-10-20)33(29,30)23-15-7-19(26)8-16-23/h5-16H,17H2,1-4H3. The maximum atomic E-state index is 13.4. The monoisotopic (exact) mass is 487 g/mol. The van der Waals surface area contributed by atoms with Crippen LogP contribution in [0.3, 0.4) is 0 Å². The van der Waals surface area contributed by atoms with E-state index in [4.69, 9.17) is 21.1 Å². The highest BCUT2D eigenvalue weighted by atomic mass is 35.5. The van der Waals surface area contributed by atoms with Gasteiger partial charge in [-0.15, -0.1) is 0 Å². The molecule has 3 aromatic carbocycles. The minimum atomic E-state index is -4.22. The molecule has 8 heteroatoms. The zero-order valence-corrected chi connectivity index (χ0v) is 20.5. The average molecular weight is 488 g/mol. The van der Waals surface area contributed by atoms with Crippen molar-refractivity contribution in [3.63, 3.8) is 0 Å². The molecule has 6 nitrogen and oxygen atoms in total. The Balaban J connectivity index is 1.89. The largest absolute Gasteiger partial charge is 0.497 e. The molecule has 0 bridgehead atoms. The number of methoxy groups -OCH3 is 1. The summed E-state index contributed by atoms with van der Waals surface area (Å²) in [7, 11) is -2.71. The van der Waals surface area contributed by atoms with Gasteiger partial charge in [0, 0.05) is 5.02 Å². The maximum absolute atomic E-state index is 13.4. The van der Waals surface area contributed by atoms with E-state index in [-0.39, 0.29) is 16.0 Å². The lowest BCUT2D eigenvalue weighted by atomic mass is 9.87. The highest BCUT2D eigenvalue weighted by Gasteiger charge is 2.31. The number of sulfonamides is 1. The number of benzene rings is 3. The molecule has 0 unspecified atom stereocenters. The van der Waals surface area contributed by atoms with Gasteiger partial charge in [-0.25, -0.2) is 8.42 Å². The van der Waals surface area contributed by atoms with Crippen molar-refractivity contribution in [2.24, 2.45) is 0 Å². The molecular weight excluding hydrogens is 462 g/mol. The van der Waals surface area contributed by atoms with Gasteiger partial charge in [-0.05, 0) is 71.6 Å². The lowest BCUT2D eigenvalue weighted by Crippen LogP contribution is -2.40. The third kappa shape index (κ3) is 5.86. The van der Waals surface area contributed by atoms with Crippen molar-refractivity contribution in [1.29, 1.82) is 0 Å². The van der Waals surface area contributed by atoms with Gasteiger partial charge < -0.3 is 9.47 Å². The average Bonchev–Trinajstić information content (AvgIpc) is 2.78. The van der Waals surface area contributed by atoms with E-state index in [1.54, 1.807) is 24.3 Å². The van der Waals surface area contributed by atoms with E-state index in [1.807, 2.05) is 12.1 Å². The van der Waals surface area contributed by atoms with Crippen LogP contribution in [0.1, 0.15) is 26.3 Å². The Morgan fingerprint density at radius 3 is 1.94 bits per heavy atom. The fourth-order valence-electron chi connectivity index (χ4n) is 3.10. The molecule has 3 rings (SSSR count). The second kappa shape index (κ2) is 9.85. The van der Waals surface area contributed by atoms with Crippen LogP contribution in [0, 0.1) is 0 Å². The molecule has 0 atom stereocenters. The molecule has 0 spiro atoms. The fraction of sp³-hybridized carbons (Fsp3) is 0.240. The molecule has 0 fully saturated rings. The van der Waals surface area contributed by atoms with Gasteiger partial charge in [0.15, 0.2) is 6.61 Å². The molecule has 33 heavy (non-hydrogen) atoms. The summed E-state index contributed by atoms with van der Waals surface area (Å²) in [6, 6.07) is 19.2. The minimum absolute atomic E-state index is 0.0217. The first-order valence-electron chi connectivity index (χ1n) is 10.2. The van der Waals surface area contributed by atoms with Crippen LogP contribution in [0.15, 0.2) is 77.7 Å².